The van der Waals surface area contributed by atoms with E-state index in [1.54, 1.807) is 12.1 Å². The fraction of sp³-hybridized carbons (Fsp3) is 0.476. The summed E-state index contributed by atoms with van der Waals surface area (Å²) in [4.78, 5) is 9.46. The quantitative estimate of drug-likeness (QED) is 0.841. The lowest BCUT2D eigenvalue weighted by Crippen LogP contribution is -2.60. The van der Waals surface area contributed by atoms with E-state index in [0.29, 0.717) is 17.5 Å². The fourth-order valence-corrected chi connectivity index (χ4v) is 5.50. The Labute approximate surface area is 152 Å². The number of halogens is 2. The fourth-order valence-electron chi connectivity index (χ4n) is 5.50. The van der Waals surface area contributed by atoms with E-state index in [0.717, 1.165) is 31.9 Å². The Hall–Kier alpha value is -1.85. The van der Waals surface area contributed by atoms with Crippen molar-refractivity contribution in [2.45, 2.75) is 37.4 Å². The van der Waals surface area contributed by atoms with Gasteiger partial charge in [-0.3, -0.25) is 14.8 Å². The van der Waals surface area contributed by atoms with Gasteiger partial charge in [-0.15, -0.1) is 0 Å². The highest BCUT2D eigenvalue weighted by atomic mass is 19.2. The van der Waals surface area contributed by atoms with Crippen LogP contribution in [0.2, 0.25) is 0 Å². The average Bonchev–Trinajstić information content (AvgIpc) is 3.07. The first-order valence-corrected chi connectivity index (χ1v) is 9.54. The summed E-state index contributed by atoms with van der Waals surface area (Å²) >= 11 is 0. The minimum absolute atomic E-state index is 0.0162. The van der Waals surface area contributed by atoms with Crippen molar-refractivity contribution in [1.29, 1.82) is 0 Å². The molecule has 4 aliphatic heterocycles. The maximum Gasteiger partial charge on any atom is 0.162 e. The van der Waals surface area contributed by atoms with Gasteiger partial charge in [-0.1, -0.05) is 18.2 Å². The molecule has 3 atom stereocenters. The van der Waals surface area contributed by atoms with E-state index in [1.807, 2.05) is 24.4 Å². The van der Waals surface area contributed by atoms with Gasteiger partial charge in [-0.25, -0.2) is 8.78 Å². The molecule has 1 aromatic carbocycles. The van der Waals surface area contributed by atoms with Crippen LogP contribution >= 0.6 is 0 Å². The highest BCUT2D eigenvalue weighted by molar-refractivity contribution is 5.29. The lowest BCUT2D eigenvalue weighted by atomic mass is 9.75. The third-order valence-electron chi connectivity index (χ3n) is 6.57. The van der Waals surface area contributed by atoms with Crippen LogP contribution in [0.1, 0.15) is 30.0 Å². The molecule has 0 N–H and O–H groups in total. The molecule has 2 bridgehead atoms. The second-order valence-electron chi connectivity index (χ2n) is 7.85. The largest absolute Gasteiger partial charge is 0.298 e. The molecular formula is C21H23F2N3. The van der Waals surface area contributed by atoms with Crippen molar-refractivity contribution in [3.63, 3.8) is 0 Å². The van der Waals surface area contributed by atoms with E-state index in [-0.39, 0.29) is 12.0 Å². The van der Waals surface area contributed by atoms with Crippen LogP contribution in [0.15, 0.2) is 42.6 Å². The number of rotatable bonds is 3. The van der Waals surface area contributed by atoms with Gasteiger partial charge in [0.15, 0.2) is 11.6 Å². The average molecular weight is 355 g/mol. The molecule has 26 heavy (non-hydrogen) atoms. The van der Waals surface area contributed by atoms with Crippen LogP contribution in [-0.4, -0.2) is 46.5 Å². The van der Waals surface area contributed by atoms with Crippen molar-refractivity contribution in [3.8, 4) is 0 Å². The van der Waals surface area contributed by atoms with Gasteiger partial charge in [0.2, 0.25) is 0 Å². The monoisotopic (exact) mass is 355 g/mol. The zero-order chi connectivity index (χ0) is 17.7. The Morgan fingerprint density at radius 1 is 1.00 bits per heavy atom. The molecule has 5 heteroatoms. The molecule has 2 aromatic rings. The highest BCUT2D eigenvalue weighted by Crippen LogP contribution is 2.47. The second-order valence-corrected chi connectivity index (χ2v) is 7.85. The van der Waals surface area contributed by atoms with E-state index < -0.39 is 11.6 Å². The summed E-state index contributed by atoms with van der Waals surface area (Å²) in [5, 5.41) is 0. The van der Waals surface area contributed by atoms with Crippen molar-refractivity contribution in [2.75, 3.05) is 19.6 Å². The van der Waals surface area contributed by atoms with E-state index in [9.17, 15) is 8.78 Å². The maximum absolute atomic E-state index is 14.6. The number of hydrogen-bond donors (Lipinski definition) is 0. The van der Waals surface area contributed by atoms with E-state index in [1.165, 1.54) is 18.9 Å². The van der Waals surface area contributed by atoms with Gasteiger partial charge in [0.25, 0.3) is 0 Å². The van der Waals surface area contributed by atoms with E-state index in [2.05, 4.69) is 14.8 Å². The molecule has 4 aliphatic rings. The molecule has 6 rings (SSSR count). The van der Waals surface area contributed by atoms with Crippen molar-refractivity contribution in [1.82, 2.24) is 14.8 Å². The third kappa shape index (κ3) is 2.57. The lowest BCUT2D eigenvalue weighted by molar-refractivity contribution is -0.00916. The summed E-state index contributed by atoms with van der Waals surface area (Å²) in [5.74, 6) is -0.741. The first kappa shape index (κ1) is 16.3. The standard InChI is InChI=1S/C21H23F2N3/c22-18-6-3-5-16(19(18)23)17-13-26(12-15-4-1-2-9-24-15)20-14-7-10-25(11-8-14)21(17)20/h1-6,9,14,17,20-21H,7-8,10-13H2/t17-,20+,21+/m0/s1. The predicted molar refractivity (Wildman–Crippen MR) is 95.6 cm³/mol. The van der Waals surface area contributed by atoms with Crippen molar-refractivity contribution < 1.29 is 8.78 Å². The molecule has 0 aliphatic carbocycles. The van der Waals surface area contributed by atoms with Crippen LogP contribution in [0.4, 0.5) is 8.78 Å². The van der Waals surface area contributed by atoms with Crippen LogP contribution in [0.3, 0.4) is 0 Å². The SMILES string of the molecule is Fc1cccc([C@@H]2CN(Cc3ccccn3)[C@@H]3C4CCN(CC4)[C@@H]32)c1F. The number of hydrogen-bond acceptors (Lipinski definition) is 3. The van der Waals surface area contributed by atoms with Crippen molar-refractivity contribution >= 4 is 0 Å². The summed E-state index contributed by atoms with van der Waals surface area (Å²) in [6.45, 7) is 3.70. The Morgan fingerprint density at radius 2 is 1.85 bits per heavy atom. The molecule has 5 heterocycles. The minimum atomic E-state index is -0.738. The zero-order valence-electron chi connectivity index (χ0n) is 14.7. The van der Waals surface area contributed by atoms with Crippen LogP contribution in [0.25, 0.3) is 0 Å². The molecule has 136 valence electrons. The Kier molecular flexibility index (Phi) is 4.02. The van der Waals surface area contributed by atoms with Gasteiger partial charge in [0, 0.05) is 37.3 Å². The van der Waals surface area contributed by atoms with Crippen LogP contribution < -0.4 is 0 Å². The molecule has 0 unspecified atom stereocenters. The topological polar surface area (TPSA) is 19.4 Å². The summed E-state index contributed by atoms with van der Waals surface area (Å²) < 4.78 is 28.5. The molecule has 0 spiro atoms. The van der Waals surface area contributed by atoms with Gasteiger partial charge >= 0.3 is 0 Å². The van der Waals surface area contributed by atoms with Crippen LogP contribution in [0, 0.1) is 17.6 Å². The molecule has 4 fully saturated rings. The summed E-state index contributed by atoms with van der Waals surface area (Å²) in [7, 11) is 0. The molecule has 3 nitrogen and oxygen atoms in total. The Bertz CT molecular complexity index is 789. The lowest BCUT2D eigenvalue weighted by Gasteiger charge is -2.51. The number of nitrogens with zero attached hydrogens (tertiary/aromatic N) is 3. The smallest absolute Gasteiger partial charge is 0.162 e. The zero-order valence-corrected chi connectivity index (χ0v) is 14.7. The van der Waals surface area contributed by atoms with E-state index in [4.69, 9.17) is 0 Å². The van der Waals surface area contributed by atoms with Crippen LogP contribution in [-0.2, 0) is 6.54 Å². The maximum atomic E-state index is 14.6. The first-order chi connectivity index (χ1) is 12.7. The Morgan fingerprint density at radius 3 is 2.62 bits per heavy atom. The summed E-state index contributed by atoms with van der Waals surface area (Å²) in [5.41, 5.74) is 1.58. The number of piperidine rings is 3. The van der Waals surface area contributed by atoms with Gasteiger partial charge in [-0.2, -0.15) is 0 Å². The number of aromatic nitrogens is 1. The summed E-state index contributed by atoms with van der Waals surface area (Å²) in [6, 6.07) is 11.3. The Balaban J connectivity index is 1.51. The normalized spacial score (nSPS) is 33.4. The van der Waals surface area contributed by atoms with Gasteiger partial charge in [-0.05, 0) is 55.6 Å². The summed E-state index contributed by atoms with van der Waals surface area (Å²) in [6.07, 6.45) is 4.24. The molecule has 4 saturated heterocycles. The number of fused-ring (bicyclic) bond motifs is 2. The van der Waals surface area contributed by atoms with Crippen molar-refractivity contribution in [3.05, 3.63) is 65.5 Å². The number of benzene rings is 1. The molecule has 0 saturated carbocycles. The highest BCUT2D eigenvalue weighted by Gasteiger charge is 2.53. The van der Waals surface area contributed by atoms with Crippen molar-refractivity contribution in [2.24, 2.45) is 5.92 Å². The van der Waals surface area contributed by atoms with Gasteiger partial charge in [0.05, 0.1) is 5.69 Å². The van der Waals surface area contributed by atoms with Crippen LogP contribution in [0.5, 0.6) is 0 Å². The van der Waals surface area contributed by atoms with Gasteiger partial charge < -0.3 is 0 Å². The number of pyridine rings is 1. The minimum Gasteiger partial charge on any atom is -0.298 e. The van der Waals surface area contributed by atoms with Gasteiger partial charge in [0.1, 0.15) is 0 Å². The third-order valence-corrected chi connectivity index (χ3v) is 6.57. The van der Waals surface area contributed by atoms with E-state index >= 15 is 0 Å². The number of likely N-dealkylation sites (tertiary alicyclic amines) is 1. The molecule has 0 radical (unpaired) electrons. The second kappa shape index (κ2) is 6.39. The molecule has 1 aromatic heterocycles. The predicted octanol–water partition coefficient (Wildman–Crippen LogP) is 3.42. The molecule has 0 amide bonds. The first-order valence-electron chi connectivity index (χ1n) is 9.54. The molecular weight excluding hydrogens is 332 g/mol.